The van der Waals surface area contributed by atoms with Gasteiger partial charge in [-0.25, -0.2) is 19.6 Å². The van der Waals surface area contributed by atoms with E-state index in [1.807, 2.05) is 6.08 Å². The lowest BCUT2D eigenvalue weighted by Crippen LogP contribution is -2.59. The number of esters is 2. The molecule has 0 bridgehead atoms. The van der Waals surface area contributed by atoms with Gasteiger partial charge in [0.25, 0.3) is 5.56 Å². The van der Waals surface area contributed by atoms with Gasteiger partial charge in [0.1, 0.15) is 36.6 Å². The smallest absolute Gasteiger partial charge is 0.331 e. The van der Waals surface area contributed by atoms with Crippen LogP contribution in [0.15, 0.2) is 78.2 Å². The number of aromatic nitrogens is 4. The predicted molar refractivity (Wildman–Crippen MR) is 177 cm³/mol. The number of nitrogens with zero attached hydrogens (tertiary/aromatic N) is 3. The summed E-state index contributed by atoms with van der Waals surface area (Å²) in [7, 11) is 0. The number of aliphatic hydroxyl groups is 4. The van der Waals surface area contributed by atoms with Crippen molar-refractivity contribution in [2.24, 2.45) is 0 Å². The van der Waals surface area contributed by atoms with Crippen LogP contribution in [0.2, 0.25) is 0 Å². The molecule has 0 aromatic carbocycles. The second-order valence-corrected chi connectivity index (χ2v) is 11.7. The lowest BCUT2D eigenvalue weighted by atomic mass is 9.99. The Labute approximate surface area is 288 Å². The molecule has 0 spiro atoms. The molecule has 50 heavy (non-hydrogen) atoms. The van der Waals surface area contributed by atoms with Crippen molar-refractivity contribution in [1.82, 2.24) is 19.5 Å². The first kappa shape index (κ1) is 38.5. The fourth-order valence-electron chi connectivity index (χ4n) is 5.28. The van der Waals surface area contributed by atoms with Crippen LogP contribution in [0.3, 0.4) is 0 Å². The molecule has 2 aromatic heterocycles. The van der Waals surface area contributed by atoms with E-state index in [-0.39, 0.29) is 11.2 Å². The summed E-state index contributed by atoms with van der Waals surface area (Å²) in [5.74, 6) is -1.24. The molecule has 0 aliphatic carbocycles. The van der Waals surface area contributed by atoms with Crippen molar-refractivity contribution in [3.05, 3.63) is 83.8 Å². The summed E-state index contributed by atoms with van der Waals surface area (Å²) in [4.78, 5) is 47.0. The molecule has 16 nitrogen and oxygen atoms in total. The number of H-pyrrole nitrogens is 1. The summed E-state index contributed by atoms with van der Waals surface area (Å²) in [6.45, 7) is 4.74. The number of allylic oxidation sites excluding steroid dienone is 7. The maximum Gasteiger partial charge on any atom is 0.331 e. The van der Waals surface area contributed by atoms with E-state index in [2.05, 4.69) is 21.9 Å². The van der Waals surface area contributed by atoms with Crippen LogP contribution in [0.1, 0.15) is 46.3 Å². The Morgan fingerprint density at radius 2 is 1.74 bits per heavy atom. The third-order valence-electron chi connectivity index (χ3n) is 7.85. The lowest BCUT2D eigenvalue weighted by Gasteiger charge is -2.41. The standard InChI is InChI=1S/C34H44N4O12/c1-4-5-6-8-12-15-23(40)46-20(2)14-11-9-7-10-13-16-24(41)49-29-21(3)47-34(28(44)27(29)43)50-30-26(42)22(17-39)48-33(30)38-19-37-25-31(38)35-18-36-32(25)45/h6-8,10-16,18-22,26-30,33-34,39,42-44H,4-5,9,17H2,1-3H3,(H,35,36,45)/b8-6+,10-7+,14-11+,15-12+,16-13+/t20-,21-,22+,26+,27-,28-,29+,30+,33+,34-/m0/s1. The number of unbranched alkanes of at least 4 members (excludes halogenated alkanes) is 1. The molecular weight excluding hydrogens is 656 g/mol. The molecule has 2 aromatic rings. The maximum atomic E-state index is 12.5. The van der Waals surface area contributed by atoms with Crippen LogP contribution in [0, 0.1) is 0 Å². The molecule has 2 saturated heterocycles. The van der Waals surface area contributed by atoms with E-state index in [4.69, 9.17) is 23.7 Å². The Kier molecular flexibility index (Phi) is 14.4. The highest BCUT2D eigenvalue weighted by atomic mass is 16.7. The Hall–Kier alpha value is -4.29. The molecule has 2 fully saturated rings. The van der Waals surface area contributed by atoms with Gasteiger partial charge in [0, 0.05) is 12.2 Å². The largest absolute Gasteiger partial charge is 0.455 e. The van der Waals surface area contributed by atoms with Crippen LogP contribution in [-0.4, -0.2) is 114 Å². The molecule has 0 amide bonds. The van der Waals surface area contributed by atoms with E-state index in [0.29, 0.717) is 6.42 Å². The topological polar surface area (TPSA) is 225 Å². The highest BCUT2D eigenvalue weighted by Crippen LogP contribution is 2.36. The Morgan fingerprint density at radius 3 is 2.48 bits per heavy atom. The van der Waals surface area contributed by atoms with Gasteiger partial charge in [-0.1, -0.05) is 55.9 Å². The lowest BCUT2D eigenvalue weighted by molar-refractivity contribution is -0.314. The van der Waals surface area contributed by atoms with Crippen molar-refractivity contribution in [3.8, 4) is 0 Å². The summed E-state index contributed by atoms with van der Waals surface area (Å²) in [5.41, 5.74) is -0.378. The molecule has 0 radical (unpaired) electrons. The number of carbonyl (C=O) groups excluding carboxylic acids is 2. The minimum Gasteiger partial charge on any atom is -0.455 e. The van der Waals surface area contributed by atoms with Crippen molar-refractivity contribution in [3.63, 3.8) is 0 Å². The zero-order valence-corrected chi connectivity index (χ0v) is 27.9. The summed E-state index contributed by atoms with van der Waals surface area (Å²) >= 11 is 0. The normalized spacial score (nSPS) is 29.7. The van der Waals surface area contributed by atoms with E-state index in [9.17, 15) is 34.8 Å². The zero-order valence-electron chi connectivity index (χ0n) is 27.9. The first-order valence-corrected chi connectivity index (χ1v) is 16.3. The number of carbonyl (C=O) groups is 2. The van der Waals surface area contributed by atoms with Gasteiger partial charge in [0.15, 0.2) is 29.8 Å². The molecule has 4 rings (SSSR count). The van der Waals surface area contributed by atoms with Gasteiger partial charge in [-0.05, 0) is 32.8 Å². The molecule has 16 heteroatoms. The number of fused-ring (bicyclic) bond motifs is 1. The molecule has 2 aliphatic heterocycles. The van der Waals surface area contributed by atoms with Gasteiger partial charge in [0.2, 0.25) is 0 Å². The van der Waals surface area contributed by atoms with Crippen LogP contribution in [0.4, 0.5) is 0 Å². The second kappa shape index (κ2) is 18.6. The fraction of sp³-hybridized carbons (Fsp3) is 0.500. The summed E-state index contributed by atoms with van der Waals surface area (Å²) in [5, 5.41) is 42.4. The number of aromatic amines is 1. The van der Waals surface area contributed by atoms with Crippen LogP contribution in [0.5, 0.6) is 0 Å². The minimum absolute atomic E-state index is 0.00465. The quantitative estimate of drug-likeness (QED) is 0.0758. The fourth-order valence-corrected chi connectivity index (χ4v) is 5.28. The Balaban J connectivity index is 1.27. The number of ether oxygens (including phenoxy) is 5. The van der Waals surface area contributed by atoms with Gasteiger partial charge in [-0.15, -0.1) is 0 Å². The highest BCUT2D eigenvalue weighted by molar-refractivity contribution is 5.83. The van der Waals surface area contributed by atoms with Crippen molar-refractivity contribution in [2.75, 3.05) is 6.61 Å². The van der Waals surface area contributed by atoms with Crippen molar-refractivity contribution in [1.29, 1.82) is 0 Å². The highest BCUT2D eigenvalue weighted by Gasteiger charge is 2.51. The molecule has 0 unspecified atom stereocenters. The van der Waals surface area contributed by atoms with Crippen LogP contribution < -0.4 is 5.56 Å². The first-order chi connectivity index (χ1) is 24.0. The van der Waals surface area contributed by atoms with Gasteiger partial charge in [-0.3, -0.25) is 9.36 Å². The number of aliphatic hydroxyl groups excluding tert-OH is 4. The van der Waals surface area contributed by atoms with Gasteiger partial charge >= 0.3 is 11.9 Å². The van der Waals surface area contributed by atoms with Crippen LogP contribution in [0.25, 0.3) is 11.2 Å². The molecule has 4 heterocycles. The average Bonchev–Trinajstić information content (AvgIpc) is 3.66. The van der Waals surface area contributed by atoms with E-state index >= 15 is 0 Å². The number of imidazole rings is 1. The number of hydrogen-bond acceptors (Lipinski definition) is 14. The molecule has 10 atom stereocenters. The third kappa shape index (κ3) is 9.91. The zero-order chi connectivity index (χ0) is 36.2. The number of nitrogens with one attached hydrogen (secondary N) is 1. The van der Waals surface area contributed by atoms with Gasteiger partial charge in [0.05, 0.1) is 25.4 Å². The number of hydrogen-bond donors (Lipinski definition) is 5. The summed E-state index contributed by atoms with van der Waals surface area (Å²) < 4.78 is 29.4. The molecule has 2 aliphatic rings. The van der Waals surface area contributed by atoms with Gasteiger partial charge in [-0.2, -0.15) is 0 Å². The molecule has 0 saturated carbocycles. The molecular formula is C34H44N4O12. The van der Waals surface area contributed by atoms with Gasteiger partial charge < -0.3 is 49.1 Å². The monoisotopic (exact) mass is 700 g/mol. The summed E-state index contributed by atoms with van der Waals surface area (Å²) in [6, 6.07) is 0. The minimum atomic E-state index is -1.72. The second-order valence-electron chi connectivity index (χ2n) is 11.7. The molecule has 272 valence electrons. The van der Waals surface area contributed by atoms with E-state index in [0.717, 1.165) is 18.9 Å². The average molecular weight is 701 g/mol. The van der Waals surface area contributed by atoms with Crippen LogP contribution >= 0.6 is 0 Å². The predicted octanol–water partition coefficient (Wildman–Crippen LogP) is 1.04. The maximum absolute atomic E-state index is 12.5. The first-order valence-electron chi connectivity index (χ1n) is 16.3. The van der Waals surface area contributed by atoms with E-state index in [1.165, 1.54) is 36.3 Å². The Bertz CT molecular complexity index is 1630. The summed E-state index contributed by atoms with van der Waals surface area (Å²) in [6.07, 6.45) is 8.75. The van der Waals surface area contributed by atoms with Crippen molar-refractivity contribution >= 4 is 23.1 Å². The third-order valence-corrected chi connectivity index (χ3v) is 7.85. The van der Waals surface area contributed by atoms with E-state index in [1.54, 1.807) is 43.4 Å². The number of rotatable bonds is 15. The van der Waals surface area contributed by atoms with Crippen LogP contribution in [-0.2, 0) is 33.3 Å². The van der Waals surface area contributed by atoms with Crippen molar-refractivity contribution < 1.29 is 53.7 Å². The van der Waals surface area contributed by atoms with E-state index < -0.39 is 85.5 Å². The SMILES string of the molecule is CCC/C=C/C=C/C(=O)O[C@@H](C)/C=C/C/C=C/C=C/C(=O)O[C@H]1[C@@H](O)[C@H](O)[C@H](O[C@@H]2[C@H](O)[C@@H](CO)O[C@H]2n2cnc3c(=O)[nH]cnc32)O[C@H]1C. The molecule has 5 N–H and O–H groups in total. The Morgan fingerprint density at radius 1 is 1.00 bits per heavy atom. The van der Waals surface area contributed by atoms with Crippen molar-refractivity contribution in [2.45, 2.75) is 101 Å².